The van der Waals surface area contributed by atoms with Crippen molar-refractivity contribution in [3.8, 4) is 0 Å². The van der Waals surface area contributed by atoms with Crippen LogP contribution in [0.5, 0.6) is 0 Å². The van der Waals surface area contributed by atoms with E-state index in [0.29, 0.717) is 13.2 Å². The summed E-state index contributed by atoms with van der Waals surface area (Å²) >= 11 is 0. The molecular formula is C12H18N2O5S. The highest BCUT2D eigenvalue weighted by Gasteiger charge is 2.24. The molecule has 0 aliphatic carbocycles. The molecule has 1 aromatic rings. The third kappa shape index (κ3) is 3.99. The van der Waals surface area contributed by atoms with Gasteiger partial charge >= 0.3 is 5.97 Å². The number of ether oxygens (including phenoxy) is 1. The van der Waals surface area contributed by atoms with Gasteiger partial charge in [-0.3, -0.25) is 0 Å². The first kappa shape index (κ1) is 16.5. The lowest BCUT2D eigenvalue weighted by atomic mass is 10.3. The van der Waals surface area contributed by atoms with Gasteiger partial charge in [0.2, 0.25) is 0 Å². The molecule has 0 fully saturated rings. The van der Waals surface area contributed by atoms with Gasteiger partial charge in [-0.05, 0) is 19.1 Å². The standard InChI is InChI=1S/C12H18N2O5S/c1-3-14(7-8-19-4-2)20(17,18)11-6-5-10(9-13-11)12(15)16/h5-6,9H,3-4,7-8H2,1-2H3,(H,15,16). The predicted octanol–water partition coefficient (Wildman–Crippen LogP) is 0.827. The van der Waals surface area contributed by atoms with E-state index in [4.69, 9.17) is 9.84 Å². The van der Waals surface area contributed by atoms with E-state index in [1.807, 2.05) is 6.92 Å². The Kier molecular flexibility index (Phi) is 6.05. The molecule has 0 atom stereocenters. The van der Waals surface area contributed by atoms with Gasteiger partial charge in [0.25, 0.3) is 10.0 Å². The van der Waals surface area contributed by atoms with Crippen molar-refractivity contribution in [3.05, 3.63) is 23.9 Å². The molecule has 7 nitrogen and oxygen atoms in total. The third-order valence-corrected chi connectivity index (χ3v) is 4.52. The molecule has 0 aromatic carbocycles. The maximum absolute atomic E-state index is 12.3. The number of sulfonamides is 1. The molecule has 20 heavy (non-hydrogen) atoms. The highest BCUT2D eigenvalue weighted by molar-refractivity contribution is 7.89. The number of aromatic nitrogens is 1. The molecule has 1 rings (SSSR count). The summed E-state index contributed by atoms with van der Waals surface area (Å²) in [6.07, 6.45) is 1.03. The maximum atomic E-state index is 12.3. The van der Waals surface area contributed by atoms with E-state index in [0.717, 1.165) is 6.20 Å². The van der Waals surface area contributed by atoms with Crippen molar-refractivity contribution in [1.82, 2.24) is 9.29 Å². The Hall–Kier alpha value is -1.51. The van der Waals surface area contributed by atoms with Gasteiger partial charge in [-0.15, -0.1) is 0 Å². The highest BCUT2D eigenvalue weighted by Crippen LogP contribution is 2.13. The van der Waals surface area contributed by atoms with E-state index in [1.165, 1.54) is 16.4 Å². The fourth-order valence-electron chi connectivity index (χ4n) is 1.55. The number of pyridine rings is 1. The summed E-state index contributed by atoms with van der Waals surface area (Å²) in [6.45, 7) is 4.89. The Morgan fingerprint density at radius 3 is 2.55 bits per heavy atom. The second-order valence-electron chi connectivity index (χ2n) is 3.88. The molecule has 0 saturated heterocycles. The summed E-state index contributed by atoms with van der Waals surface area (Å²) in [6, 6.07) is 2.42. The summed E-state index contributed by atoms with van der Waals surface area (Å²) in [5, 5.41) is 8.59. The van der Waals surface area contributed by atoms with Crippen LogP contribution in [-0.4, -0.2) is 55.1 Å². The van der Waals surface area contributed by atoms with Crippen LogP contribution in [0.25, 0.3) is 0 Å². The lowest BCUT2D eigenvalue weighted by Crippen LogP contribution is -2.34. The maximum Gasteiger partial charge on any atom is 0.337 e. The number of carboxylic acids is 1. The number of hydrogen-bond donors (Lipinski definition) is 1. The number of carboxylic acid groups (broad SMARTS) is 1. The van der Waals surface area contributed by atoms with Crippen LogP contribution in [0.2, 0.25) is 0 Å². The molecule has 0 aliphatic heterocycles. The molecule has 0 spiro atoms. The van der Waals surface area contributed by atoms with Crippen molar-refractivity contribution < 1.29 is 23.1 Å². The van der Waals surface area contributed by atoms with Crippen LogP contribution in [-0.2, 0) is 14.8 Å². The Morgan fingerprint density at radius 1 is 1.40 bits per heavy atom. The average molecular weight is 302 g/mol. The number of carbonyl (C=O) groups is 1. The van der Waals surface area contributed by atoms with Crippen LogP contribution in [0.4, 0.5) is 0 Å². The molecular weight excluding hydrogens is 284 g/mol. The van der Waals surface area contributed by atoms with Gasteiger partial charge in [0.05, 0.1) is 12.2 Å². The van der Waals surface area contributed by atoms with Crippen molar-refractivity contribution >= 4 is 16.0 Å². The molecule has 1 heterocycles. The lowest BCUT2D eigenvalue weighted by molar-refractivity contribution is 0.0696. The first-order valence-electron chi connectivity index (χ1n) is 6.20. The monoisotopic (exact) mass is 302 g/mol. The van der Waals surface area contributed by atoms with Crippen LogP contribution in [0.15, 0.2) is 23.4 Å². The zero-order valence-corrected chi connectivity index (χ0v) is 12.3. The van der Waals surface area contributed by atoms with Crippen LogP contribution in [0, 0.1) is 0 Å². The van der Waals surface area contributed by atoms with Crippen molar-refractivity contribution in [1.29, 1.82) is 0 Å². The fraction of sp³-hybridized carbons (Fsp3) is 0.500. The van der Waals surface area contributed by atoms with E-state index in [1.54, 1.807) is 6.92 Å². The Bertz CT molecular complexity index is 541. The molecule has 0 bridgehead atoms. The molecule has 112 valence electrons. The van der Waals surface area contributed by atoms with E-state index in [2.05, 4.69) is 4.98 Å². The number of likely N-dealkylation sites (N-methyl/N-ethyl adjacent to an activating group) is 1. The summed E-state index contributed by atoms with van der Waals surface area (Å²) in [5.41, 5.74) is -0.0543. The van der Waals surface area contributed by atoms with Crippen LogP contribution >= 0.6 is 0 Å². The van der Waals surface area contributed by atoms with E-state index >= 15 is 0 Å². The number of rotatable bonds is 8. The molecule has 1 aromatic heterocycles. The summed E-state index contributed by atoms with van der Waals surface area (Å²) in [5.74, 6) is -1.15. The van der Waals surface area contributed by atoms with Crippen molar-refractivity contribution in [2.75, 3.05) is 26.3 Å². The molecule has 0 saturated carbocycles. The first-order chi connectivity index (χ1) is 9.43. The summed E-state index contributed by atoms with van der Waals surface area (Å²) in [4.78, 5) is 14.4. The summed E-state index contributed by atoms with van der Waals surface area (Å²) in [7, 11) is -3.72. The van der Waals surface area contributed by atoms with Gasteiger partial charge in [0, 0.05) is 25.9 Å². The fourth-order valence-corrected chi connectivity index (χ4v) is 2.90. The van der Waals surface area contributed by atoms with E-state index in [9.17, 15) is 13.2 Å². The van der Waals surface area contributed by atoms with Crippen LogP contribution < -0.4 is 0 Å². The highest BCUT2D eigenvalue weighted by atomic mass is 32.2. The number of aromatic carboxylic acids is 1. The second-order valence-corrected chi connectivity index (χ2v) is 5.77. The van der Waals surface area contributed by atoms with E-state index < -0.39 is 16.0 Å². The average Bonchev–Trinajstić information content (AvgIpc) is 2.43. The van der Waals surface area contributed by atoms with Gasteiger partial charge in [-0.1, -0.05) is 6.92 Å². The van der Waals surface area contributed by atoms with Crippen LogP contribution in [0.1, 0.15) is 24.2 Å². The minimum absolute atomic E-state index is 0.0543. The van der Waals surface area contributed by atoms with E-state index in [-0.39, 0.29) is 23.7 Å². The molecule has 8 heteroatoms. The minimum atomic E-state index is -3.72. The van der Waals surface area contributed by atoms with Crippen molar-refractivity contribution in [3.63, 3.8) is 0 Å². The minimum Gasteiger partial charge on any atom is -0.478 e. The van der Waals surface area contributed by atoms with Gasteiger partial charge in [-0.25, -0.2) is 18.2 Å². The SMILES string of the molecule is CCOCCN(CC)S(=O)(=O)c1ccc(C(=O)O)cn1. The quantitative estimate of drug-likeness (QED) is 0.714. The Balaban J connectivity index is 2.92. The molecule has 1 N–H and O–H groups in total. The number of nitrogens with zero attached hydrogens (tertiary/aromatic N) is 2. The smallest absolute Gasteiger partial charge is 0.337 e. The van der Waals surface area contributed by atoms with Gasteiger partial charge in [0.1, 0.15) is 0 Å². The normalized spacial score (nSPS) is 11.8. The second kappa shape index (κ2) is 7.32. The molecule has 0 aliphatic rings. The van der Waals surface area contributed by atoms with Gasteiger partial charge < -0.3 is 9.84 Å². The molecule has 0 unspecified atom stereocenters. The summed E-state index contributed by atoms with van der Waals surface area (Å²) < 4.78 is 31.0. The topological polar surface area (TPSA) is 96.8 Å². The number of hydrogen-bond acceptors (Lipinski definition) is 5. The van der Waals surface area contributed by atoms with Crippen molar-refractivity contribution in [2.24, 2.45) is 0 Å². The Labute approximate surface area is 118 Å². The largest absolute Gasteiger partial charge is 0.478 e. The lowest BCUT2D eigenvalue weighted by Gasteiger charge is -2.19. The van der Waals surface area contributed by atoms with Crippen molar-refractivity contribution in [2.45, 2.75) is 18.9 Å². The molecule has 0 radical (unpaired) electrons. The zero-order chi connectivity index (χ0) is 15.2. The zero-order valence-electron chi connectivity index (χ0n) is 11.4. The van der Waals surface area contributed by atoms with Gasteiger partial charge in [0.15, 0.2) is 5.03 Å². The Morgan fingerprint density at radius 2 is 2.10 bits per heavy atom. The first-order valence-corrected chi connectivity index (χ1v) is 7.64. The third-order valence-electron chi connectivity index (χ3n) is 2.63. The predicted molar refractivity (Wildman–Crippen MR) is 72.1 cm³/mol. The van der Waals surface area contributed by atoms with Gasteiger partial charge in [-0.2, -0.15) is 4.31 Å². The molecule has 0 amide bonds. The van der Waals surface area contributed by atoms with Crippen LogP contribution in [0.3, 0.4) is 0 Å².